The summed E-state index contributed by atoms with van der Waals surface area (Å²) in [6.45, 7) is 10.5. The summed E-state index contributed by atoms with van der Waals surface area (Å²) in [4.78, 5) is 22.0. The first-order valence-electron chi connectivity index (χ1n) is 9.16. The van der Waals surface area contributed by atoms with Crippen LogP contribution in [0, 0.1) is 20.8 Å². The molecule has 0 aliphatic carbocycles. The second-order valence-electron chi connectivity index (χ2n) is 7.00. The van der Waals surface area contributed by atoms with Gasteiger partial charge >= 0.3 is 0 Å². The minimum absolute atomic E-state index is 0.0693. The van der Waals surface area contributed by atoms with E-state index in [9.17, 15) is 4.79 Å². The number of unbranched alkanes of at least 4 members (excludes halogenated alkanes) is 2. The van der Waals surface area contributed by atoms with E-state index < -0.39 is 0 Å². The molecule has 2 aromatic rings. The van der Waals surface area contributed by atoms with Gasteiger partial charge in [0.1, 0.15) is 0 Å². The molecule has 0 spiro atoms. The number of nitrogens with zero attached hydrogens (tertiary/aromatic N) is 4. The van der Waals surface area contributed by atoms with Crippen LogP contribution < -0.4 is 10.5 Å². The predicted octanol–water partition coefficient (Wildman–Crippen LogP) is 3.73. The minimum Gasteiger partial charge on any atom is -0.298 e. The van der Waals surface area contributed by atoms with E-state index in [4.69, 9.17) is 4.98 Å². The molecular weight excluding hydrogens is 312 g/mol. The van der Waals surface area contributed by atoms with Crippen LogP contribution in [0.2, 0.25) is 0 Å². The van der Waals surface area contributed by atoms with Crippen molar-refractivity contribution >= 4 is 11.6 Å². The van der Waals surface area contributed by atoms with Gasteiger partial charge in [-0.3, -0.25) is 19.2 Å². The first-order valence-corrected chi connectivity index (χ1v) is 9.16. The molecule has 0 amide bonds. The van der Waals surface area contributed by atoms with Crippen molar-refractivity contribution in [1.82, 2.24) is 14.5 Å². The molecule has 0 unspecified atom stereocenters. The monoisotopic (exact) mass is 340 g/mol. The molecule has 0 saturated heterocycles. The maximum atomic E-state index is 12.8. The summed E-state index contributed by atoms with van der Waals surface area (Å²) >= 11 is 0. The highest BCUT2D eigenvalue weighted by atomic mass is 16.1. The number of aryl methyl sites for hydroxylation is 2. The standard InChI is InChI=1S/C20H28N4O/c1-5-6-7-12-22-13-23(18-10-8-15(2)9-11-18)20-21-17(4)16(3)19(25)24(20)14-22/h8-11H,5-7,12-14H2,1-4H3. The zero-order valence-corrected chi connectivity index (χ0v) is 15.7. The molecule has 5 nitrogen and oxygen atoms in total. The molecule has 0 bridgehead atoms. The number of aromatic nitrogens is 2. The topological polar surface area (TPSA) is 41.4 Å². The summed E-state index contributed by atoms with van der Waals surface area (Å²) in [6, 6.07) is 8.43. The van der Waals surface area contributed by atoms with E-state index in [-0.39, 0.29) is 5.56 Å². The van der Waals surface area contributed by atoms with E-state index in [1.54, 1.807) is 0 Å². The number of benzene rings is 1. The Balaban J connectivity index is 2.01. The highest BCUT2D eigenvalue weighted by molar-refractivity contribution is 5.58. The molecule has 0 N–H and O–H groups in total. The van der Waals surface area contributed by atoms with Crippen molar-refractivity contribution in [3.63, 3.8) is 0 Å². The van der Waals surface area contributed by atoms with E-state index in [2.05, 4.69) is 47.9 Å². The van der Waals surface area contributed by atoms with Crippen LogP contribution in [-0.4, -0.2) is 27.7 Å². The molecule has 5 heteroatoms. The SMILES string of the molecule is CCCCCN1CN(c2ccc(C)cc2)c2nc(C)c(C)c(=O)n2C1. The lowest BCUT2D eigenvalue weighted by Gasteiger charge is -2.38. The highest BCUT2D eigenvalue weighted by Crippen LogP contribution is 2.27. The average Bonchev–Trinajstić information content (AvgIpc) is 2.61. The second-order valence-corrected chi connectivity index (χ2v) is 7.00. The maximum Gasteiger partial charge on any atom is 0.259 e. The van der Waals surface area contributed by atoms with E-state index >= 15 is 0 Å². The van der Waals surface area contributed by atoms with Crippen LogP contribution in [0.1, 0.15) is 43.0 Å². The van der Waals surface area contributed by atoms with E-state index in [1.807, 2.05) is 18.4 Å². The lowest BCUT2D eigenvalue weighted by atomic mass is 10.2. The molecule has 1 aliphatic heterocycles. The number of rotatable bonds is 5. The van der Waals surface area contributed by atoms with Crippen LogP contribution in [0.25, 0.3) is 0 Å². The second kappa shape index (κ2) is 7.40. The van der Waals surface area contributed by atoms with Gasteiger partial charge in [-0.2, -0.15) is 0 Å². The van der Waals surface area contributed by atoms with E-state index in [1.165, 1.54) is 18.4 Å². The molecule has 0 atom stereocenters. The van der Waals surface area contributed by atoms with Crippen molar-refractivity contribution < 1.29 is 0 Å². The fraction of sp³-hybridized carbons (Fsp3) is 0.500. The molecule has 1 aromatic heterocycles. The summed E-state index contributed by atoms with van der Waals surface area (Å²) in [5, 5.41) is 0. The fourth-order valence-electron chi connectivity index (χ4n) is 3.23. The minimum atomic E-state index is 0.0693. The molecule has 134 valence electrons. The van der Waals surface area contributed by atoms with Crippen LogP contribution in [0.15, 0.2) is 29.1 Å². The Morgan fingerprint density at radius 3 is 2.44 bits per heavy atom. The molecule has 25 heavy (non-hydrogen) atoms. The zero-order valence-electron chi connectivity index (χ0n) is 15.7. The molecule has 0 radical (unpaired) electrons. The van der Waals surface area contributed by atoms with Gasteiger partial charge in [0.15, 0.2) is 0 Å². The van der Waals surface area contributed by atoms with Gasteiger partial charge in [-0.05, 0) is 39.3 Å². The Morgan fingerprint density at radius 1 is 1.04 bits per heavy atom. The van der Waals surface area contributed by atoms with Crippen molar-refractivity contribution in [2.75, 3.05) is 18.1 Å². The third-order valence-electron chi connectivity index (χ3n) is 4.97. The third kappa shape index (κ3) is 3.61. The molecule has 1 aromatic carbocycles. The number of anilines is 2. The van der Waals surface area contributed by atoms with Gasteiger partial charge in [0.05, 0.1) is 13.3 Å². The van der Waals surface area contributed by atoms with Crippen LogP contribution >= 0.6 is 0 Å². The Hall–Kier alpha value is -2.14. The molecular formula is C20H28N4O. The molecule has 0 fully saturated rings. The van der Waals surface area contributed by atoms with Gasteiger partial charge in [0, 0.05) is 23.5 Å². The van der Waals surface area contributed by atoms with Gasteiger partial charge in [-0.1, -0.05) is 37.5 Å². The molecule has 1 aliphatic rings. The molecule has 0 saturated carbocycles. The lowest BCUT2D eigenvalue weighted by Crippen LogP contribution is -2.48. The van der Waals surface area contributed by atoms with Crippen LogP contribution in [0.5, 0.6) is 0 Å². The van der Waals surface area contributed by atoms with Crippen LogP contribution in [-0.2, 0) is 6.67 Å². The summed E-state index contributed by atoms with van der Waals surface area (Å²) in [5.74, 6) is 0.753. The van der Waals surface area contributed by atoms with Crippen LogP contribution in [0.3, 0.4) is 0 Å². The van der Waals surface area contributed by atoms with Crippen LogP contribution in [0.4, 0.5) is 11.6 Å². The van der Waals surface area contributed by atoms with E-state index in [0.717, 1.165) is 42.5 Å². The first kappa shape index (κ1) is 17.7. The highest BCUT2D eigenvalue weighted by Gasteiger charge is 2.26. The van der Waals surface area contributed by atoms with Crippen molar-refractivity contribution in [3.8, 4) is 0 Å². The zero-order chi connectivity index (χ0) is 18.0. The average molecular weight is 340 g/mol. The van der Waals surface area contributed by atoms with Crippen molar-refractivity contribution in [2.24, 2.45) is 0 Å². The quantitative estimate of drug-likeness (QED) is 0.778. The van der Waals surface area contributed by atoms with Gasteiger partial charge in [0.2, 0.25) is 5.95 Å². The number of hydrogen-bond donors (Lipinski definition) is 0. The van der Waals surface area contributed by atoms with Gasteiger partial charge in [0.25, 0.3) is 5.56 Å². The Bertz CT molecular complexity index is 795. The maximum absolute atomic E-state index is 12.8. The van der Waals surface area contributed by atoms with E-state index in [0.29, 0.717) is 6.67 Å². The van der Waals surface area contributed by atoms with Gasteiger partial charge in [-0.25, -0.2) is 4.98 Å². The summed E-state index contributed by atoms with van der Waals surface area (Å²) < 4.78 is 1.82. The normalized spacial score (nSPS) is 14.6. The summed E-state index contributed by atoms with van der Waals surface area (Å²) in [6.07, 6.45) is 3.57. The molecule has 2 heterocycles. The Morgan fingerprint density at radius 2 is 1.76 bits per heavy atom. The molecule has 3 rings (SSSR count). The first-order chi connectivity index (χ1) is 12.0. The Kier molecular flexibility index (Phi) is 5.23. The predicted molar refractivity (Wildman–Crippen MR) is 102 cm³/mol. The number of fused-ring (bicyclic) bond motifs is 1. The van der Waals surface area contributed by atoms with Crippen molar-refractivity contribution in [1.29, 1.82) is 0 Å². The van der Waals surface area contributed by atoms with Crippen molar-refractivity contribution in [3.05, 3.63) is 51.4 Å². The smallest absolute Gasteiger partial charge is 0.259 e. The third-order valence-corrected chi connectivity index (χ3v) is 4.97. The fourth-order valence-corrected chi connectivity index (χ4v) is 3.23. The Labute approximate surface area is 149 Å². The lowest BCUT2D eigenvalue weighted by molar-refractivity contribution is 0.194. The van der Waals surface area contributed by atoms with Gasteiger partial charge in [-0.15, -0.1) is 0 Å². The largest absolute Gasteiger partial charge is 0.298 e. The summed E-state index contributed by atoms with van der Waals surface area (Å²) in [7, 11) is 0. The van der Waals surface area contributed by atoms with Crippen molar-refractivity contribution in [2.45, 2.75) is 53.6 Å². The van der Waals surface area contributed by atoms with Gasteiger partial charge < -0.3 is 0 Å². The summed E-state index contributed by atoms with van der Waals surface area (Å²) in [5.41, 5.74) is 3.93. The number of hydrogen-bond acceptors (Lipinski definition) is 4.